The Balaban J connectivity index is 2.09. The minimum absolute atomic E-state index is 0.254. The average Bonchev–Trinajstić information content (AvgIpc) is 2.76. The molecule has 2 aromatic heterocycles. The fraction of sp³-hybridized carbons (Fsp3) is 0.208. The summed E-state index contributed by atoms with van der Waals surface area (Å²) < 4.78 is 14.5. The minimum atomic E-state index is -0.296. The number of allylic oxidation sites excluding steroid dienone is 3. The summed E-state index contributed by atoms with van der Waals surface area (Å²) in [5.41, 5.74) is 5.58. The monoisotopic (exact) mass is 422 g/mol. The van der Waals surface area contributed by atoms with Crippen molar-refractivity contribution in [3.8, 4) is 0 Å². The molecule has 0 aliphatic carbocycles. The summed E-state index contributed by atoms with van der Waals surface area (Å²) in [6.07, 6.45) is 7.44. The van der Waals surface area contributed by atoms with Gasteiger partial charge in [-0.2, -0.15) is 0 Å². The third-order valence-electron chi connectivity index (χ3n) is 4.94. The summed E-state index contributed by atoms with van der Waals surface area (Å²) in [6.45, 7) is 3.90. The number of rotatable bonds is 6. The highest BCUT2D eigenvalue weighted by Gasteiger charge is 2.19. The Morgan fingerprint density at radius 2 is 2.00 bits per heavy atom. The molecule has 0 aliphatic heterocycles. The van der Waals surface area contributed by atoms with Crippen LogP contribution in [0.2, 0.25) is 5.02 Å². The molecular formula is C24H24ClFN4. The number of hydrogen-bond acceptors (Lipinski definition) is 4. The molecule has 0 saturated carbocycles. The largest absolute Gasteiger partial charge is 0.394 e. The minimum Gasteiger partial charge on any atom is -0.394 e. The predicted molar refractivity (Wildman–Crippen MR) is 124 cm³/mol. The highest BCUT2D eigenvalue weighted by molar-refractivity contribution is 6.30. The van der Waals surface area contributed by atoms with Gasteiger partial charge in [-0.15, -0.1) is 0 Å². The van der Waals surface area contributed by atoms with Crippen molar-refractivity contribution in [3.63, 3.8) is 0 Å². The van der Waals surface area contributed by atoms with Crippen molar-refractivity contribution >= 4 is 40.0 Å². The number of nitrogens with one attached hydrogen (secondary N) is 1. The molecule has 3 rings (SSSR count). The molecular weight excluding hydrogens is 399 g/mol. The van der Waals surface area contributed by atoms with Crippen LogP contribution in [-0.4, -0.2) is 30.3 Å². The smallest absolute Gasteiger partial charge is 0.127 e. The fourth-order valence-corrected chi connectivity index (χ4v) is 3.55. The normalized spacial score (nSPS) is 13.8. The molecule has 0 bridgehead atoms. The Morgan fingerprint density at radius 3 is 2.70 bits per heavy atom. The molecule has 1 atom stereocenters. The van der Waals surface area contributed by atoms with Gasteiger partial charge in [0.25, 0.3) is 0 Å². The van der Waals surface area contributed by atoms with Crippen molar-refractivity contribution in [1.82, 2.24) is 15.3 Å². The van der Waals surface area contributed by atoms with Crippen LogP contribution in [0.15, 0.2) is 59.9 Å². The van der Waals surface area contributed by atoms with E-state index in [1.54, 1.807) is 25.4 Å². The van der Waals surface area contributed by atoms with Crippen molar-refractivity contribution in [2.24, 2.45) is 4.99 Å². The van der Waals surface area contributed by atoms with E-state index in [1.807, 2.05) is 57.6 Å². The van der Waals surface area contributed by atoms with Crippen molar-refractivity contribution in [3.05, 3.63) is 82.5 Å². The summed E-state index contributed by atoms with van der Waals surface area (Å²) >= 11 is 6.11. The maximum atomic E-state index is 14.5. The lowest BCUT2D eigenvalue weighted by atomic mass is 9.90. The van der Waals surface area contributed by atoms with Crippen LogP contribution < -0.4 is 5.32 Å². The van der Waals surface area contributed by atoms with Crippen LogP contribution in [0.1, 0.15) is 36.6 Å². The van der Waals surface area contributed by atoms with E-state index in [2.05, 4.69) is 15.3 Å². The highest BCUT2D eigenvalue weighted by Crippen LogP contribution is 2.34. The molecule has 2 heterocycles. The molecule has 4 nitrogen and oxygen atoms in total. The van der Waals surface area contributed by atoms with Crippen molar-refractivity contribution < 1.29 is 4.39 Å². The first-order valence-electron chi connectivity index (χ1n) is 9.66. The van der Waals surface area contributed by atoms with Gasteiger partial charge in [-0.3, -0.25) is 9.98 Å². The summed E-state index contributed by atoms with van der Waals surface area (Å²) in [4.78, 5) is 13.5. The molecule has 1 unspecified atom stereocenters. The highest BCUT2D eigenvalue weighted by atomic mass is 35.5. The zero-order valence-electron chi connectivity index (χ0n) is 17.4. The quantitative estimate of drug-likeness (QED) is 0.504. The predicted octanol–water partition coefficient (Wildman–Crippen LogP) is 5.89. The van der Waals surface area contributed by atoms with E-state index in [0.29, 0.717) is 10.6 Å². The molecule has 0 fully saturated rings. The second-order valence-corrected chi connectivity index (χ2v) is 7.30. The molecule has 0 radical (unpaired) electrons. The third kappa shape index (κ3) is 4.57. The molecule has 0 aliphatic rings. The maximum Gasteiger partial charge on any atom is 0.127 e. The van der Waals surface area contributed by atoms with Crippen LogP contribution in [0.25, 0.3) is 22.2 Å². The van der Waals surface area contributed by atoms with Crippen LogP contribution in [0.5, 0.6) is 0 Å². The van der Waals surface area contributed by atoms with E-state index in [4.69, 9.17) is 16.6 Å². The van der Waals surface area contributed by atoms with Crippen LogP contribution in [-0.2, 0) is 0 Å². The molecule has 154 valence electrons. The molecule has 3 aromatic rings. The lowest BCUT2D eigenvalue weighted by Crippen LogP contribution is -2.07. The molecule has 6 heteroatoms. The van der Waals surface area contributed by atoms with E-state index in [-0.39, 0.29) is 11.7 Å². The van der Waals surface area contributed by atoms with Crippen LogP contribution in [0.4, 0.5) is 4.39 Å². The Kier molecular flexibility index (Phi) is 6.95. The number of nitrogens with zero attached hydrogens (tertiary/aromatic N) is 3. The second kappa shape index (κ2) is 9.63. The zero-order valence-corrected chi connectivity index (χ0v) is 18.2. The van der Waals surface area contributed by atoms with E-state index in [9.17, 15) is 4.39 Å². The number of aliphatic imine (C=N–C) groups is 1. The number of aromatic nitrogens is 2. The molecule has 0 saturated heterocycles. The Bertz CT molecular complexity index is 1150. The summed E-state index contributed by atoms with van der Waals surface area (Å²) in [5.74, 6) is -0.550. The van der Waals surface area contributed by atoms with Crippen LogP contribution in [0.3, 0.4) is 0 Å². The van der Waals surface area contributed by atoms with Crippen LogP contribution >= 0.6 is 11.6 Å². The van der Waals surface area contributed by atoms with E-state index in [1.165, 1.54) is 6.07 Å². The first-order valence-corrected chi connectivity index (χ1v) is 10.0. The van der Waals surface area contributed by atoms with Gasteiger partial charge in [0.05, 0.1) is 16.7 Å². The average molecular weight is 423 g/mol. The molecule has 30 heavy (non-hydrogen) atoms. The third-order valence-corrected chi connectivity index (χ3v) is 5.17. The molecule has 0 spiro atoms. The number of benzene rings is 1. The standard InChI is InChI=1S/C24H24ClFN4/c1-5-16(12-27-3)17-10-24-23(29-13-17)9-8-22(30-24)20(14-28-4)15(2)19-11-18(25)6-7-21(19)26/h5-15,28H,1-4H3/b16-5+,20-14+,27-12?. The van der Waals surface area contributed by atoms with Gasteiger partial charge in [0.2, 0.25) is 0 Å². The van der Waals surface area contributed by atoms with Crippen LogP contribution in [0, 0.1) is 5.82 Å². The number of pyridine rings is 2. The van der Waals surface area contributed by atoms with Gasteiger partial charge in [0, 0.05) is 54.8 Å². The van der Waals surface area contributed by atoms with Crippen molar-refractivity contribution in [2.75, 3.05) is 14.1 Å². The Labute approximate surface area is 181 Å². The Hall–Kier alpha value is -3.05. The zero-order chi connectivity index (χ0) is 21.7. The SMILES string of the molecule is C/C=C(\C=NC)c1cnc2ccc(/C(=C/NC)C(C)c3cc(Cl)ccc3F)nc2c1. The first-order chi connectivity index (χ1) is 14.5. The first kappa shape index (κ1) is 21.7. The van der Waals surface area contributed by atoms with Gasteiger partial charge < -0.3 is 5.32 Å². The molecule has 0 amide bonds. The van der Waals surface area contributed by atoms with Gasteiger partial charge >= 0.3 is 0 Å². The van der Waals surface area contributed by atoms with Gasteiger partial charge in [-0.25, -0.2) is 9.37 Å². The van der Waals surface area contributed by atoms with Crippen molar-refractivity contribution in [2.45, 2.75) is 19.8 Å². The molecule has 1 aromatic carbocycles. The summed E-state index contributed by atoms with van der Waals surface area (Å²) in [6, 6.07) is 10.4. The van der Waals surface area contributed by atoms with E-state index in [0.717, 1.165) is 33.4 Å². The maximum absolute atomic E-state index is 14.5. The topological polar surface area (TPSA) is 50.2 Å². The lowest BCUT2D eigenvalue weighted by molar-refractivity contribution is 0.606. The van der Waals surface area contributed by atoms with Gasteiger partial charge in [0.15, 0.2) is 0 Å². The summed E-state index contributed by atoms with van der Waals surface area (Å²) in [5, 5.41) is 3.55. The summed E-state index contributed by atoms with van der Waals surface area (Å²) in [7, 11) is 3.55. The number of fused-ring (bicyclic) bond motifs is 1. The van der Waals surface area contributed by atoms with Gasteiger partial charge in [-0.1, -0.05) is 24.6 Å². The lowest BCUT2D eigenvalue weighted by Gasteiger charge is -2.18. The van der Waals surface area contributed by atoms with Crippen molar-refractivity contribution in [1.29, 1.82) is 0 Å². The van der Waals surface area contributed by atoms with Gasteiger partial charge in [0.1, 0.15) is 5.82 Å². The fourth-order valence-electron chi connectivity index (χ4n) is 3.37. The molecule has 1 N–H and O–H groups in total. The Morgan fingerprint density at radius 1 is 1.20 bits per heavy atom. The number of halogens is 2. The van der Waals surface area contributed by atoms with E-state index >= 15 is 0 Å². The second-order valence-electron chi connectivity index (χ2n) is 6.87. The number of hydrogen-bond donors (Lipinski definition) is 1. The van der Waals surface area contributed by atoms with E-state index < -0.39 is 0 Å². The van der Waals surface area contributed by atoms with Gasteiger partial charge in [-0.05, 0) is 54.5 Å².